The zero-order valence-corrected chi connectivity index (χ0v) is 8.34. The minimum absolute atomic E-state index is 0.0636. The number of hydrogen-bond acceptors (Lipinski definition) is 4. The lowest BCUT2D eigenvalue weighted by atomic mass is 10.4. The minimum Gasteiger partial charge on any atom is -0.396 e. The van der Waals surface area contributed by atoms with Crippen LogP contribution >= 0.6 is 0 Å². The summed E-state index contributed by atoms with van der Waals surface area (Å²) in [6.45, 7) is 1.75. The van der Waals surface area contributed by atoms with Gasteiger partial charge in [-0.1, -0.05) is 6.92 Å². The van der Waals surface area contributed by atoms with Crippen molar-refractivity contribution in [1.82, 2.24) is 4.72 Å². The normalized spacial score (nSPS) is 13.6. The van der Waals surface area contributed by atoms with Crippen molar-refractivity contribution in [2.45, 2.75) is 25.0 Å². The van der Waals surface area contributed by atoms with Gasteiger partial charge in [0.05, 0.1) is 6.07 Å². The van der Waals surface area contributed by atoms with Crippen molar-refractivity contribution in [3.63, 3.8) is 0 Å². The van der Waals surface area contributed by atoms with Gasteiger partial charge in [0.1, 0.15) is 0 Å². The zero-order chi connectivity index (χ0) is 10.3. The Morgan fingerprint density at radius 3 is 2.62 bits per heavy atom. The number of aliphatic hydroxyl groups excluding tert-OH is 1. The van der Waals surface area contributed by atoms with Crippen molar-refractivity contribution < 1.29 is 13.5 Å². The van der Waals surface area contributed by atoms with Gasteiger partial charge in [0.25, 0.3) is 0 Å². The summed E-state index contributed by atoms with van der Waals surface area (Å²) in [6, 6.07) is 1.71. The number of nitrogens with zero attached hydrogens (tertiary/aromatic N) is 1. The molecular weight excluding hydrogens is 192 g/mol. The molecule has 1 atom stereocenters. The van der Waals surface area contributed by atoms with Crippen LogP contribution in [-0.2, 0) is 10.0 Å². The van der Waals surface area contributed by atoms with Crippen LogP contribution in [0.4, 0.5) is 0 Å². The molecule has 0 amide bonds. The number of nitrogens with one attached hydrogen (secondary N) is 1. The number of nitriles is 1. The topological polar surface area (TPSA) is 90.2 Å². The summed E-state index contributed by atoms with van der Waals surface area (Å²) in [7, 11) is -3.52. The molecule has 0 aliphatic rings. The summed E-state index contributed by atoms with van der Waals surface area (Å²) in [6.07, 6.45) is 0.631. The molecular formula is C7H14N2O3S. The second-order valence-electron chi connectivity index (χ2n) is 2.54. The molecule has 76 valence electrons. The molecule has 0 saturated carbocycles. The van der Waals surface area contributed by atoms with E-state index in [4.69, 9.17) is 10.4 Å². The van der Waals surface area contributed by atoms with Gasteiger partial charge in [0, 0.05) is 13.2 Å². The smallest absolute Gasteiger partial charge is 0.227 e. The van der Waals surface area contributed by atoms with Crippen molar-refractivity contribution >= 4 is 10.0 Å². The third kappa shape index (κ3) is 4.22. The van der Waals surface area contributed by atoms with E-state index in [1.807, 2.05) is 0 Å². The fourth-order valence-corrected chi connectivity index (χ4v) is 1.98. The summed E-state index contributed by atoms with van der Waals surface area (Å²) in [5, 5.41) is 15.9. The quantitative estimate of drug-likeness (QED) is 0.578. The molecule has 13 heavy (non-hydrogen) atoms. The highest BCUT2D eigenvalue weighted by molar-refractivity contribution is 7.90. The van der Waals surface area contributed by atoms with Crippen molar-refractivity contribution in [2.24, 2.45) is 0 Å². The predicted octanol–water partition coefficient (Wildman–Crippen LogP) is -0.410. The Balaban J connectivity index is 4.16. The van der Waals surface area contributed by atoms with Gasteiger partial charge in [0.2, 0.25) is 10.0 Å². The van der Waals surface area contributed by atoms with E-state index in [2.05, 4.69) is 4.72 Å². The number of sulfonamides is 1. The Morgan fingerprint density at radius 2 is 2.23 bits per heavy atom. The zero-order valence-electron chi connectivity index (χ0n) is 7.52. The molecule has 0 heterocycles. The maximum absolute atomic E-state index is 11.3. The Hall–Kier alpha value is -0.640. The third-order valence-corrected chi connectivity index (χ3v) is 3.32. The Morgan fingerprint density at radius 1 is 1.62 bits per heavy atom. The van der Waals surface area contributed by atoms with Gasteiger partial charge < -0.3 is 5.11 Å². The molecule has 0 radical (unpaired) electrons. The maximum atomic E-state index is 11.3. The van der Waals surface area contributed by atoms with E-state index in [0.717, 1.165) is 0 Å². The van der Waals surface area contributed by atoms with Gasteiger partial charge in [-0.2, -0.15) is 5.26 Å². The molecule has 0 aromatic carbocycles. The van der Waals surface area contributed by atoms with Crippen LogP contribution in [0.1, 0.15) is 19.8 Å². The van der Waals surface area contributed by atoms with Gasteiger partial charge in [0.15, 0.2) is 5.25 Å². The van der Waals surface area contributed by atoms with E-state index in [1.165, 1.54) is 0 Å². The van der Waals surface area contributed by atoms with Crippen molar-refractivity contribution in [3.05, 3.63) is 0 Å². The molecule has 5 nitrogen and oxygen atoms in total. The first-order valence-electron chi connectivity index (χ1n) is 4.07. The van der Waals surface area contributed by atoms with E-state index >= 15 is 0 Å². The highest BCUT2D eigenvalue weighted by Crippen LogP contribution is 2.01. The molecule has 0 aromatic heterocycles. The molecule has 0 aliphatic carbocycles. The third-order valence-electron chi connectivity index (χ3n) is 1.53. The Bertz CT molecular complexity index is 268. The van der Waals surface area contributed by atoms with Crippen LogP contribution in [-0.4, -0.2) is 31.9 Å². The van der Waals surface area contributed by atoms with Crippen LogP contribution in [0.3, 0.4) is 0 Å². The summed E-state index contributed by atoms with van der Waals surface area (Å²) in [5.41, 5.74) is 0. The van der Waals surface area contributed by atoms with Crippen LogP contribution in [0.15, 0.2) is 0 Å². The summed E-state index contributed by atoms with van der Waals surface area (Å²) < 4.78 is 24.8. The number of rotatable bonds is 6. The first kappa shape index (κ1) is 12.4. The second-order valence-corrected chi connectivity index (χ2v) is 4.49. The molecule has 2 N–H and O–H groups in total. The summed E-state index contributed by atoms with van der Waals surface area (Å²) in [5.74, 6) is 0. The van der Waals surface area contributed by atoms with Gasteiger partial charge in [-0.05, 0) is 12.8 Å². The lowest BCUT2D eigenvalue weighted by molar-refractivity contribution is 0.289. The number of hydrogen-bond donors (Lipinski definition) is 2. The SMILES string of the molecule is CCC(C#N)S(=O)(=O)NCCCO. The predicted molar refractivity (Wildman–Crippen MR) is 48.3 cm³/mol. The van der Waals surface area contributed by atoms with Crippen molar-refractivity contribution in [3.8, 4) is 6.07 Å². The Labute approximate surface area is 78.4 Å². The molecule has 0 spiro atoms. The lowest BCUT2D eigenvalue weighted by Gasteiger charge is -2.08. The van der Waals surface area contributed by atoms with Gasteiger partial charge >= 0.3 is 0 Å². The van der Waals surface area contributed by atoms with E-state index < -0.39 is 15.3 Å². The standard InChI is InChI=1S/C7H14N2O3S/c1-2-7(6-8)13(11,12)9-4-3-5-10/h7,9-10H,2-5H2,1H3. The molecule has 0 rings (SSSR count). The van der Waals surface area contributed by atoms with Gasteiger partial charge in [-0.25, -0.2) is 13.1 Å². The first-order chi connectivity index (χ1) is 6.08. The van der Waals surface area contributed by atoms with Crippen LogP contribution < -0.4 is 4.72 Å². The lowest BCUT2D eigenvalue weighted by Crippen LogP contribution is -2.34. The monoisotopic (exact) mass is 206 g/mol. The van der Waals surface area contributed by atoms with Gasteiger partial charge in [-0.15, -0.1) is 0 Å². The van der Waals surface area contributed by atoms with E-state index in [-0.39, 0.29) is 19.6 Å². The van der Waals surface area contributed by atoms with Crippen molar-refractivity contribution in [1.29, 1.82) is 5.26 Å². The summed E-state index contributed by atoms with van der Waals surface area (Å²) in [4.78, 5) is 0. The number of aliphatic hydroxyl groups is 1. The van der Waals surface area contributed by atoms with E-state index in [0.29, 0.717) is 6.42 Å². The molecule has 0 aromatic rings. The van der Waals surface area contributed by atoms with Crippen LogP contribution in [0, 0.1) is 11.3 Å². The fraction of sp³-hybridized carbons (Fsp3) is 0.857. The average Bonchev–Trinajstić information content (AvgIpc) is 2.06. The fourth-order valence-electron chi connectivity index (χ4n) is 0.774. The molecule has 0 fully saturated rings. The average molecular weight is 206 g/mol. The van der Waals surface area contributed by atoms with Crippen LogP contribution in [0.2, 0.25) is 0 Å². The molecule has 0 bridgehead atoms. The summed E-state index contributed by atoms with van der Waals surface area (Å²) >= 11 is 0. The van der Waals surface area contributed by atoms with E-state index in [1.54, 1.807) is 13.0 Å². The molecule has 0 aliphatic heterocycles. The molecule has 0 saturated heterocycles. The molecule has 1 unspecified atom stereocenters. The highest BCUT2D eigenvalue weighted by Gasteiger charge is 2.21. The van der Waals surface area contributed by atoms with Gasteiger partial charge in [-0.3, -0.25) is 0 Å². The first-order valence-corrected chi connectivity index (χ1v) is 5.62. The minimum atomic E-state index is -3.52. The van der Waals surface area contributed by atoms with E-state index in [9.17, 15) is 8.42 Å². The second kappa shape index (κ2) is 5.91. The van der Waals surface area contributed by atoms with Crippen LogP contribution in [0.5, 0.6) is 0 Å². The highest BCUT2D eigenvalue weighted by atomic mass is 32.2. The largest absolute Gasteiger partial charge is 0.396 e. The maximum Gasteiger partial charge on any atom is 0.227 e. The molecule has 6 heteroatoms. The van der Waals surface area contributed by atoms with Crippen LogP contribution in [0.25, 0.3) is 0 Å². The Kier molecular flexibility index (Phi) is 5.62. The van der Waals surface area contributed by atoms with Crippen molar-refractivity contribution in [2.75, 3.05) is 13.2 Å².